The molecule has 0 bridgehead atoms. The number of aliphatic carboxylic acids is 1. The molecule has 2 saturated carbocycles. The third-order valence-corrected chi connectivity index (χ3v) is 9.98. The number of nitrogens with one attached hydrogen (secondary N) is 2. The molecule has 1 heterocycles. The molecule has 0 spiro atoms. The molecule has 2 fully saturated rings. The molecule has 2 amide bonds. The van der Waals surface area contributed by atoms with Crippen LogP contribution in [0, 0.1) is 11.8 Å². The highest BCUT2D eigenvalue weighted by molar-refractivity contribution is 9.10. The first kappa shape index (κ1) is 31.0. The van der Waals surface area contributed by atoms with Crippen molar-refractivity contribution in [2.45, 2.75) is 50.9 Å². The molecule has 1 aromatic heterocycles. The van der Waals surface area contributed by atoms with Crippen LogP contribution in [0.15, 0.2) is 40.9 Å². The standard InChI is InChI=1S/C30H36BrN5O6S/c1-32-29(38)27-24-16-23(18-8-9-18)26(17-25(24)34-36(27)20-12-10-19(31)11-13-20)35(43(2,41)42)15-5-14-33-28(37)21-6-3-4-7-22(21)30(39)40/h10-13,16-18,21-22H,3-9,14-15H2,1-2H3,(H,32,38)(H,33,37)(H,39,40)/t21-,22+/m0/s1. The number of anilines is 1. The lowest BCUT2D eigenvalue weighted by Crippen LogP contribution is -2.41. The molecule has 2 aliphatic carbocycles. The maximum atomic E-state index is 13.1. The van der Waals surface area contributed by atoms with Crippen molar-refractivity contribution < 1.29 is 27.9 Å². The zero-order valence-electron chi connectivity index (χ0n) is 24.2. The van der Waals surface area contributed by atoms with Crippen molar-refractivity contribution in [1.82, 2.24) is 20.4 Å². The number of sulfonamides is 1. The topological polar surface area (TPSA) is 151 Å². The number of carboxylic acid groups (broad SMARTS) is 1. The maximum absolute atomic E-state index is 13.1. The number of amides is 2. The lowest BCUT2D eigenvalue weighted by molar-refractivity contribution is -0.148. The number of carbonyl (C=O) groups excluding carboxylic acids is 2. The van der Waals surface area contributed by atoms with Crippen LogP contribution in [0.25, 0.3) is 16.6 Å². The van der Waals surface area contributed by atoms with Gasteiger partial charge in [-0.25, -0.2) is 13.1 Å². The van der Waals surface area contributed by atoms with Crippen molar-refractivity contribution in [3.8, 4) is 5.69 Å². The van der Waals surface area contributed by atoms with E-state index in [0.717, 1.165) is 42.0 Å². The van der Waals surface area contributed by atoms with Gasteiger partial charge in [0.05, 0.1) is 35.0 Å². The molecule has 3 N–H and O–H groups in total. The second-order valence-corrected chi connectivity index (χ2v) is 14.2. The summed E-state index contributed by atoms with van der Waals surface area (Å²) in [6.45, 7) is 0.334. The first-order valence-corrected chi connectivity index (χ1v) is 17.2. The fraction of sp³-hybridized carbons (Fsp3) is 0.467. The third kappa shape index (κ3) is 6.72. The second-order valence-electron chi connectivity index (χ2n) is 11.3. The van der Waals surface area contributed by atoms with Gasteiger partial charge in [-0.3, -0.25) is 18.7 Å². The number of fused-ring (bicyclic) bond motifs is 1. The second kappa shape index (κ2) is 12.7. The zero-order chi connectivity index (χ0) is 30.9. The molecule has 0 saturated heterocycles. The van der Waals surface area contributed by atoms with E-state index in [4.69, 9.17) is 5.10 Å². The van der Waals surface area contributed by atoms with Crippen molar-refractivity contribution in [2.75, 3.05) is 30.7 Å². The van der Waals surface area contributed by atoms with E-state index >= 15 is 0 Å². The van der Waals surface area contributed by atoms with E-state index in [9.17, 15) is 27.9 Å². The van der Waals surface area contributed by atoms with Gasteiger partial charge in [0.2, 0.25) is 15.9 Å². The summed E-state index contributed by atoms with van der Waals surface area (Å²) >= 11 is 3.43. The van der Waals surface area contributed by atoms with Gasteiger partial charge in [0.15, 0.2) is 0 Å². The van der Waals surface area contributed by atoms with Crippen LogP contribution in [0.5, 0.6) is 0 Å². The van der Waals surface area contributed by atoms with Gasteiger partial charge in [-0.15, -0.1) is 0 Å². The molecule has 2 aliphatic rings. The minimum absolute atomic E-state index is 0.118. The number of carboxylic acids is 1. The fourth-order valence-electron chi connectivity index (χ4n) is 5.95. The Hall–Kier alpha value is -3.45. The van der Waals surface area contributed by atoms with Crippen molar-refractivity contribution in [3.63, 3.8) is 0 Å². The minimum atomic E-state index is -3.71. The van der Waals surface area contributed by atoms with Gasteiger partial charge in [-0.1, -0.05) is 28.8 Å². The van der Waals surface area contributed by atoms with Crippen LogP contribution in [-0.2, 0) is 19.6 Å². The lowest BCUT2D eigenvalue weighted by Gasteiger charge is -2.28. The maximum Gasteiger partial charge on any atom is 0.307 e. The number of hydrogen-bond acceptors (Lipinski definition) is 6. The Bertz CT molecular complexity index is 1650. The molecule has 5 rings (SSSR count). The number of aromatic nitrogens is 2. The average molecular weight is 675 g/mol. The predicted octanol–water partition coefficient (Wildman–Crippen LogP) is 4.19. The number of rotatable bonds is 11. The molecule has 0 aliphatic heterocycles. The summed E-state index contributed by atoms with van der Waals surface area (Å²) in [4.78, 5) is 37.5. The summed E-state index contributed by atoms with van der Waals surface area (Å²) in [5.41, 5.74) is 2.90. The normalized spacial score (nSPS) is 18.8. The largest absolute Gasteiger partial charge is 0.481 e. The van der Waals surface area contributed by atoms with Gasteiger partial charge in [0.1, 0.15) is 5.69 Å². The monoisotopic (exact) mass is 673 g/mol. The van der Waals surface area contributed by atoms with Gasteiger partial charge in [-0.2, -0.15) is 5.10 Å². The third-order valence-electron chi connectivity index (χ3n) is 8.28. The Morgan fingerprint density at radius 1 is 1.07 bits per heavy atom. The summed E-state index contributed by atoms with van der Waals surface area (Å²) in [5.74, 6) is -2.65. The molecule has 3 aromatic rings. The first-order chi connectivity index (χ1) is 20.5. The van der Waals surface area contributed by atoms with Crippen LogP contribution in [0.3, 0.4) is 0 Å². The van der Waals surface area contributed by atoms with Crippen molar-refractivity contribution in [1.29, 1.82) is 0 Å². The van der Waals surface area contributed by atoms with E-state index in [1.165, 1.54) is 4.31 Å². The molecule has 43 heavy (non-hydrogen) atoms. The number of hydrogen-bond donors (Lipinski definition) is 3. The Morgan fingerprint density at radius 2 is 1.74 bits per heavy atom. The smallest absolute Gasteiger partial charge is 0.307 e. The highest BCUT2D eigenvalue weighted by Gasteiger charge is 2.36. The molecule has 230 valence electrons. The summed E-state index contributed by atoms with van der Waals surface area (Å²) < 4.78 is 30.0. The highest BCUT2D eigenvalue weighted by atomic mass is 79.9. The summed E-state index contributed by atoms with van der Waals surface area (Å²) in [6, 6.07) is 11.0. The highest BCUT2D eigenvalue weighted by Crippen LogP contribution is 2.46. The SMILES string of the molecule is CNC(=O)c1c2cc(C3CC3)c(N(CCCNC(=O)[C@H]3CCCC[C@H]3C(=O)O)S(C)(=O)=O)cc2nn1-c1ccc(Br)cc1. The molecule has 0 unspecified atom stereocenters. The first-order valence-electron chi connectivity index (χ1n) is 14.5. The van der Waals surface area contributed by atoms with Crippen molar-refractivity contribution in [2.24, 2.45) is 11.8 Å². The molecule has 2 atom stereocenters. The molecular formula is C30H36BrN5O6S. The Labute approximate surface area is 259 Å². The van der Waals surface area contributed by atoms with Crippen LogP contribution in [0.1, 0.15) is 66.9 Å². The van der Waals surface area contributed by atoms with Crippen LogP contribution in [0.2, 0.25) is 0 Å². The predicted molar refractivity (Wildman–Crippen MR) is 167 cm³/mol. The fourth-order valence-corrected chi connectivity index (χ4v) is 7.19. The van der Waals surface area contributed by atoms with E-state index in [2.05, 4.69) is 26.6 Å². The van der Waals surface area contributed by atoms with E-state index in [1.807, 2.05) is 30.3 Å². The van der Waals surface area contributed by atoms with E-state index in [1.54, 1.807) is 17.8 Å². The number of halogens is 1. The van der Waals surface area contributed by atoms with Crippen LogP contribution in [-0.4, -0.2) is 67.5 Å². The van der Waals surface area contributed by atoms with Gasteiger partial charge in [-0.05, 0) is 80.0 Å². The minimum Gasteiger partial charge on any atom is -0.481 e. The van der Waals surface area contributed by atoms with Crippen molar-refractivity contribution >= 4 is 60.3 Å². The van der Waals surface area contributed by atoms with Gasteiger partial charge >= 0.3 is 5.97 Å². The molecule has 2 aromatic carbocycles. The van der Waals surface area contributed by atoms with E-state index < -0.39 is 27.8 Å². The average Bonchev–Trinajstić information content (AvgIpc) is 3.76. The van der Waals surface area contributed by atoms with Crippen LogP contribution in [0.4, 0.5) is 5.69 Å². The zero-order valence-corrected chi connectivity index (χ0v) is 26.6. The molecule has 13 heteroatoms. The van der Waals surface area contributed by atoms with Crippen molar-refractivity contribution in [3.05, 3.63) is 52.1 Å². The van der Waals surface area contributed by atoms with E-state index in [-0.39, 0.29) is 30.8 Å². The molecule has 0 radical (unpaired) electrons. The van der Waals surface area contributed by atoms with Gasteiger partial charge in [0, 0.05) is 30.0 Å². The Balaban J connectivity index is 1.44. The Morgan fingerprint density at radius 3 is 2.35 bits per heavy atom. The van der Waals surface area contributed by atoms with Crippen LogP contribution >= 0.6 is 15.9 Å². The summed E-state index contributed by atoms with van der Waals surface area (Å²) in [6.07, 6.45) is 5.95. The number of benzene rings is 2. The quantitative estimate of drug-likeness (QED) is 0.258. The number of nitrogens with zero attached hydrogens (tertiary/aromatic N) is 3. The summed E-state index contributed by atoms with van der Waals surface area (Å²) in [7, 11) is -2.15. The van der Waals surface area contributed by atoms with Gasteiger partial charge < -0.3 is 15.7 Å². The molecular weight excluding hydrogens is 638 g/mol. The van der Waals surface area contributed by atoms with Crippen LogP contribution < -0.4 is 14.9 Å². The summed E-state index contributed by atoms with van der Waals surface area (Å²) in [5, 5.41) is 20.4. The molecule has 11 nitrogen and oxygen atoms in total. The lowest BCUT2D eigenvalue weighted by atomic mass is 9.79. The Kier molecular flexibility index (Phi) is 9.12. The number of carbonyl (C=O) groups is 3. The van der Waals surface area contributed by atoms with E-state index in [0.29, 0.717) is 47.2 Å². The van der Waals surface area contributed by atoms with Gasteiger partial charge in [0.25, 0.3) is 5.91 Å².